The maximum Gasteiger partial charge on any atom is 0.167 e. The Morgan fingerprint density at radius 1 is 1.11 bits per heavy atom. The minimum absolute atomic E-state index is 0.251. The van der Waals surface area contributed by atoms with Gasteiger partial charge in [-0.05, 0) is 30.3 Å². The number of anilines is 3. The molecule has 2 aromatic carbocycles. The lowest BCUT2D eigenvalue weighted by Gasteiger charge is -2.20. The van der Waals surface area contributed by atoms with Crippen molar-refractivity contribution in [3.05, 3.63) is 48.3 Å². The van der Waals surface area contributed by atoms with Crippen LogP contribution in [0.2, 0.25) is 0 Å². The quantitative estimate of drug-likeness (QED) is 0.908. The van der Waals surface area contributed by atoms with Gasteiger partial charge in [0, 0.05) is 37.2 Å². The summed E-state index contributed by atoms with van der Waals surface area (Å²) in [5.74, 6) is -0.113. The van der Waals surface area contributed by atoms with Gasteiger partial charge in [-0.2, -0.15) is 0 Å². The maximum absolute atomic E-state index is 13.7. The Morgan fingerprint density at radius 2 is 1.84 bits per heavy atom. The summed E-state index contributed by atoms with van der Waals surface area (Å²) < 4.78 is 18.6. The lowest BCUT2D eigenvalue weighted by molar-refractivity contribution is 0.386. The lowest BCUT2D eigenvalue weighted by atomic mass is 10.2. The second kappa shape index (κ2) is 5.61. The van der Waals surface area contributed by atoms with Gasteiger partial charge in [-0.3, -0.25) is 0 Å². The van der Waals surface area contributed by atoms with Crippen LogP contribution in [-0.2, 0) is 0 Å². The van der Waals surface area contributed by atoms with Crippen LogP contribution in [0.25, 0.3) is 0 Å². The Balaban J connectivity index is 2.32. The first-order chi connectivity index (χ1) is 9.15. The Labute approximate surface area is 112 Å². The molecule has 0 aliphatic carbocycles. The fraction of sp³-hybridized carbons (Fsp3) is 0.200. The summed E-state index contributed by atoms with van der Waals surface area (Å²) >= 11 is 0. The first-order valence-electron chi connectivity index (χ1n) is 6.01. The van der Waals surface area contributed by atoms with Gasteiger partial charge in [0.2, 0.25) is 0 Å². The van der Waals surface area contributed by atoms with Crippen molar-refractivity contribution < 1.29 is 9.13 Å². The number of nitrogens with one attached hydrogen (secondary N) is 1. The number of ether oxygens (including phenoxy) is 1. The van der Waals surface area contributed by atoms with Crippen molar-refractivity contribution in [3.8, 4) is 5.75 Å². The van der Waals surface area contributed by atoms with E-state index in [1.54, 1.807) is 6.07 Å². The van der Waals surface area contributed by atoms with Crippen LogP contribution in [-0.4, -0.2) is 21.2 Å². The van der Waals surface area contributed by atoms with Crippen LogP contribution in [0.1, 0.15) is 0 Å². The molecule has 0 atom stereocenters. The predicted molar refractivity (Wildman–Crippen MR) is 77.0 cm³/mol. The number of rotatable bonds is 4. The van der Waals surface area contributed by atoms with E-state index in [2.05, 4.69) is 5.32 Å². The maximum atomic E-state index is 13.7. The van der Waals surface area contributed by atoms with Crippen molar-refractivity contribution >= 4 is 17.1 Å². The number of hydrogen-bond acceptors (Lipinski definition) is 3. The fourth-order valence-electron chi connectivity index (χ4n) is 1.88. The van der Waals surface area contributed by atoms with Crippen LogP contribution in [0.5, 0.6) is 5.75 Å². The molecule has 0 saturated heterocycles. The average Bonchev–Trinajstić information content (AvgIpc) is 2.46. The molecule has 3 nitrogen and oxygen atoms in total. The molecule has 2 rings (SSSR count). The molecule has 100 valence electrons. The van der Waals surface area contributed by atoms with Crippen LogP contribution < -0.4 is 15.0 Å². The van der Waals surface area contributed by atoms with Crippen LogP contribution >= 0.6 is 0 Å². The van der Waals surface area contributed by atoms with Crippen LogP contribution in [0.15, 0.2) is 42.5 Å². The third-order valence-corrected chi connectivity index (χ3v) is 3.04. The van der Waals surface area contributed by atoms with Crippen LogP contribution in [0.3, 0.4) is 0 Å². The summed E-state index contributed by atoms with van der Waals surface area (Å²) in [7, 11) is 5.22. The number of nitrogens with zero attached hydrogens (tertiary/aromatic N) is 1. The minimum Gasteiger partial charge on any atom is -0.494 e. The number of benzene rings is 2. The smallest absolute Gasteiger partial charge is 0.167 e. The van der Waals surface area contributed by atoms with E-state index < -0.39 is 0 Å². The van der Waals surface area contributed by atoms with Gasteiger partial charge in [0.15, 0.2) is 11.6 Å². The minimum atomic E-state index is -0.364. The normalized spacial score (nSPS) is 10.1. The Kier molecular flexibility index (Phi) is 3.90. The first-order valence-corrected chi connectivity index (χ1v) is 6.01. The van der Waals surface area contributed by atoms with E-state index >= 15 is 0 Å². The van der Waals surface area contributed by atoms with Gasteiger partial charge in [0.25, 0.3) is 0 Å². The molecule has 0 fully saturated rings. The molecule has 0 bridgehead atoms. The highest BCUT2D eigenvalue weighted by Crippen LogP contribution is 2.29. The van der Waals surface area contributed by atoms with Crippen molar-refractivity contribution in [3.63, 3.8) is 0 Å². The molecule has 0 spiro atoms. The summed E-state index contributed by atoms with van der Waals surface area (Å²) in [5.41, 5.74) is 2.77. The second-order valence-corrected chi connectivity index (χ2v) is 4.18. The van der Waals surface area contributed by atoms with Crippen molar-refractivity contribution in [2.75, 3.05) is 31.4 Å². The number of methoxy groups -OCH3 is 1. The molecule has 0 radical (unpaired) electrons. The summed E-state index contributed by atoms with van der Waals surface area (Å²) in [6, 6.07) is 12.8. The molecule has 0 amide bonds. The summed E-state index contributed by atoms with van der Waals surface area (Å²) in [6.07, 6.45) is 0. The molecule has 1 N–H and O–H groups in total. The van der Waals surface area contributed by atoms with E-state index in [0.29, 0.717) is 0 Å². The average molecular weight is 260 g/mol. The monoisotopic (exact) mass is 260 g/mol. The van der Waals surface area contributed by atoms with Gasteiger partial charge in [0.05, 0.1) is 7.11 Å². The highest BCUT2D eigenvalue weighted by Gasteiger charge is 2.08. The van der Waals surface area contributed by atoms with E-state index in [4.69, 9.17) is 4.74 Å². The number of halogens is 1. The molecule has 4 heteroatoms. The molecule has 0 aliphatic heterocycles. The van der Waals surface area contributed by atoms with Gasteiger partial charge < -0.3 is 15.0 Å². The van der Waals surface area contributed by atoms with Crippen molar-refractivity contribution in [2.24, 2.45) is 0 Å². The predicted octanol–water partition coefficient (Wildman–Crippen LogP) is 3.64. The third-order valence-electron chi connectivity index (χ3n) is 3.04. The third kappa shape index (κ3) is 2.78. The zero-order chi connectivity index (χ0) is 13.8. The Hall–Kier alpha value is -2.23. The molecule has 2 aromatic rings. The molecule has 0 heterocycles. The summed E-state index contributed by atoms with van der Waals surface area (Å²) in [4.78, 5) is 1.92. The van der Waals surface area contributed by atoms with Crippen molar-refractivity contribution in [1.29, 1.82) is 0 Å². The lowest BCUT2D eigenvalue weighted by Crippen LogP contribution is -2.10. The highest BCUT2D eigenvalue weighted by atomic mass is 19.1. The highest BCUT2D eigenvalue weighted by molar-refractivity contribution is 5.67. The van der Waals surface area contributed by atoms with Crippen LogP contribution in [0.4, 0.5) is 21.5 Å². The van der Waals surface area contributed by atoms with Gasteiger partial charge in [-0.15, -0.1) is 0 Å². The molecular formula is C15H17FN2O. The van der Waals surface area contributed by atoms with Crippen molar-refractivity contribution in [2.45, 2.75) is 0 Å². The standard InChI is InChI=1S/C15H17FN2O/c1-17-11-5-4-6-12(9-11)18(2)13-7-8-15(19-3)14(16)10-13/h4-10,17H,1-3H3. The van der Waals surface area contributed by atoms with Gasteiger partial charge in [-0.1, -0.05) is 6.07 Å². The Bertz CT molecular complexity index is 572. The largest absolute Gasteiger partial charge is 0.494 e. The van der Waals surface area contributed by atoms with Gasteiger partial charge in [-0.25, -0.2) is 4.39 Å². The Morgan fingerprint density at radius 3 is 2.47 bits per heavy atom. The summed E-state index contributed by atoms with van der Waals surface area (Å²) in [5, 5.41) is 3.08. The molecule has 0 unspecified atom stereocenters. The topological polar surface area (TPSA) is 24.5 Å². The molecule has 0 aliphatic rings. The molecule has 19 heavy (non-hydrogen) atoms. The second-order valence-electron chi connectivity index (χ2n) is 4.18. The van der Waals surface area contributed by atoms with Gasteiger partial charge in [0.1, 0.15) is 0 Å². The van der Waals surface area contributed by atoms with E-state index in [1.807, 2.05) is 49.3 Å². The first kappa shape index (κ1) is 13.2. The van der Waals surface area contributed by atoms with E-state index in [1.165, 1.54) is 13.2 Å². The van der Waals surface area contributed by atoms with Crippen molar-refractivity contribution in [1.82, 2.24) is 0 Å². The van der Waals surface area contributed by atoms with Gasteiger partial charge >= 0.3 is 0 Å². The fourth-order valence-corrected chi connectivity index (χ4v) is 1.88. The molecular weight excluding hydrogens is 243 g/mol. The van der Waals surface area contributed by atoms with E-state index in [9.17, 15) is 4.39 Å². The van der Waals surface area contributed by atoms with Crippen LogP contribution in [0, 0.1) is 5.82 Å². The SMILES string of the molecule is CNc1cccc(N(C)c2ccc(OC)c(F)c2)c1. The number of hydrogen-bond donors (Lipinski definition) is 1. The zero-order valence-corrected chi connectivity index (χ0v) is 11.3. The summed E-state index contributed by atoms with van der Waals surface area (Å²) in [6.45, 7) is 0. The van der Waals surface area contributed by atoms with E-state index in [0.717, 1.165) is 17.1 Å². The molecule has 0 saturated carbocycles. The zero-order valence-electron chi connectivity index (χ0n) is 11.3. The molecule has 0 aromatic heterocycles. The van der Waals surface area contributed by atoms with E-state index in [-0.39, 0.29) is 11.6 Å².